The van der Waals surface area contributed by atoms with Gasteiger partial charge in [0.2, 0.25) is 0 Å². The lowest BCUT2D eigenvalue weighted by Crippen LogP contribution is -2.44. The Balaban J connectivity index is 1.66. The highest BCUT2D eigenvalue weighted by atomic mass is 32.2. The van der Waals surface area contributed by atoms with Gasteiger partial charge in [0.1, 0.15) is 0 Å². The highest BCUT2D eigenvalue weighted by Gasteiger charge is 2.34. The Kier molecular flexibility index (Phi) is 5.35. The largest absolute Gasteiger partial charge is 0.383 e. The average Bonchev–Trinajstić information content (AvgIpc) is 3.07. The molecule has 2 aliphatic rings. The van der Waals surface area contributed by atoms with Gasteiger partial charge in [0.25, 0.3) is 10.2 Å². The molecule has 0 radical (unpaired) electrons. The van der Waals surface area contributed by atoms with Gasteiger partial charge in [-0.3, -0.25) is 5.10 Å². The first-order valence-electron chi connectivity index (χ1n) is 8.42. The van der Waals surface area contributed by atoms with Crippen LogP contribution in [0.15, 0.2) is 0 Å². The Morgan fingerprint density at radius 2 is 2.13 bits per heavy atom. The second-order valence-corrected chi connectivity index (χ2v) is 8.08. The van der Waals surface area contributed by atoms with Crippen LogP contribution in [0.5, 0.6) is 0 Å². The minimum atomic E-state index is -3.49. The summed E-state index contributed by atoms with van der Waals surface area (Å²) in [6, 6.07) is -0.0613. The number of hydrogen-bond acceptors (Lipinski definition) is 4. The van der Waals surface area contributed by atoms with Crippen LogP contribution in [0.2, 0.25) is 0 Å². The Labute approximate surface area is 138 Å². The Morgan fingerprint density at radius 3 is 2.96 bits per heavy atom. The van der Waals surface area contributed by atoms with Gasteiger partial charge in [-0.05, 0) is 44.1 Å². The van der Waals surface area contributed by atoms with Gasteiger partial charge in [0.05, 0.1) is 18.8 Å². The molecule has 0 unspecified atom stereocenters. The van der Waals surface area contributed by atoms with E-state index in [-0.39, 0.29) is 12.6 Å². The molecule has 7 nitrogen and oxygen atoms in total. The van der Waals surface area contributed by atoms with Crippen LogP contribution < -0.4 is 4.72 Å². The van der Waals surface area contributed by atoms with E-state index in [2.05, 4.69) is 14.9 Å². The number of fused-ring (bicyclic) bond motifs is 1. The van der Waals surface area contributed by atoms with E-state index in [0.29, 0.717) is 13.2 Å². The number of aromatic nitrogens is 2. The van der Waals surface area contributed by atoms with Crippen molar-refractivity contribution in [2.24, 2.45) is 0 Å². The Bertz CT molecular complexity index is 629. The number of rotatable bonds is 6. The van der Waals surface area contributed by atoms with Crippen molar-refractivity contribution in [2.45, 2.75) is 57.5 Å². The maximum absolute atomic E-state index is 12.6. The number of H-pyrrole nitrogens is 1. The molecular formula is C15H26N4O3S. The maximum atomic E-state index is 12.6. The monoisotopic (exact) mass is 342 g/mol. The predicted octanol–water partition coefficient (Wildman–Crippen LogP) is 1.12. The lowest BCUT2D eigenvalue weighted by molar-refractivity contribution is 0.148. The van der Waals surface area contributed by atoms with Crippen molar-refractivity contribution < 1.29 is 13.2 Å². The molecule has 1 atom stereocenters. The van der Waals surface area contributed by atoms with Crippen molar-refractivity contribution in [2.75, 3.05) is 20.3 Å². The second-order valence-electron chi connectivity index (χ2n) is 6.38. The van der Waals surface area contributed by atoms with E-state index in [1.165, 1.54) is 28.4 Å². The first-order valence-corrected chi connectivity index (χ1v) is 9.86. The molecule has 8 heteroatoms. The molecule has 1 aromatic heterocycles. The zero-order valence-electron chi connectivity index (χ0n) is 13.7. The lowest BCUT2D eigenvalue weighted by Gasteiger charge is -2.23. The summed E-state index contributed by atoms with van der Waals surface area (Å²) in [6.07, 6.45) is 7.27. The smallest absolute Gasteiger partial charge is 0.280 e. The molecular weight excluding hydrogens is 316 g/mol. The fourth-order valence-corrected chi connectivity index (χ4v) is 5.01. The van der Waals surface area contributed by atoms with Crippen LogP contribution in [0, 0.1) is 0 Å². The molecule has 0 saturated carbocycles. The fourth-order valence-electron chi connectivity index (χ4n) is 3.60. The first-order chi connectivity index (χ1) is 11.1. The molecule has 1 fully saturated rings. The van der Waals surface area contributed by atoms with E-state index < -0.39 is 10.2 Å². The summed E-state index contributed by atoms with van der Waals surface area (Å²) >= 11 is 0. The van der Waals surface area contributed by atoms with Gasteiger partial charge in [-0.1, -0.05) is 6.42 Å². The number of ether oxygens (including phenoxy) is 1. The minimum absolute atomic E-state index is 0.0613. The molecule has 0 spiro atoms. The molecule has 1 aliphatic heterocycles. The molecule has 1 aromatic rings. The van der Waals surface area contributed by atoms with Crippen LogP contribution in [0.3, 0.4) is 0 Å². The molecule has 0 amide bonds. The van der Waals surface area contributed by atoms with Gasteiger partial charge < -0.3 is 4.74 Å². The lowest BCUT2D eigenvalue weighted by atomic mass is 10.1. The van der Waals surface area contributed by atoms with Crippen LogP contribution in [0.4, 0.5) is 0 Å². The molecule has 0 bridgehead atoms. The number of methoxy groups -OCH3 is 1. The standard InChI is InChI=1S/C15H26N4O3S/c1-22-11-12-6-5-9-19(12)23(20,21)16-10-15-13-7-3-2-4-8-14(13)17-18-15/h12,16H,2-11H2,1H3,(H,17,18)/t12-/m1/s1. The van der Waals surface area contributed by atoms with Crippen LogP contribution in [-0.2, 0) is 34.3 Å². The summed E-state index contributed by atoms with van der Waals surface area (Å²) in [4.78, 5) is 0. The predicted molar refractivity (Wildman–Crippen MR) is 87.2 cm³/mol. The normalized spacial score (nSPS) is 22.9. The molecule has 2 heterocycles. The van der Waals surface area contributed by atoms with Crippen molar-refractivity contribution >= 4 is 10.2 Å². The summed E-state index contributed by atoms with van der Waals surface area (Å²) in [5.74, 6) is 0. The second kappa shape index (κ2) is 7.29. The van der Waals surface area contributed by atoms with Crippen LogP contribution in [0.1, 0.15) is 49.1 Å². The molecule has 1 saturated heterocycles. The highest BCUT2D eigenvalue weighted by molar-refractivity contribution is 7.87. The average molecular weight is 342 g/mol. The van der Waals surface area contributed by atoms with Crippen LogP contribution >= 0.6 is 0 Å². The van der Waals surface area contributed by atoms with Gasteiger partial charge in [0, 0.05) is 25.4 Å². The quantitative estimate of drug-likeness (QED) is 0.759. The minimum Gasteiger partial charge on any atom is -0.383 e. The number of nitrogens with zero attached hydrogens (tertiary/aromatic N) is 2. The van der Waals surface area contributed by atoms with E-state index >= 15 is 0 Å². The van der Waals surface area contributed by atoms with Crippen molar-refractivity contribution in [3.63, 3.8) is 0 Å². The summed E-state index contributed by atoms with van der Waals surface area (Å²) in [5, 5.41) is 7.41. The topological polar surface area (TPSA) is 87.3 Å². The third-order valence-corrected chi connectivity index (χ3v) is 6.41. The highest BCUT2D eigenvalue weighted by Crippen LogP contribution is 2.23. The zero-order valence-corrected chi connectivity index (χ0v) is 14.5. The first kappa shape index (κ1) is 16.9. The molecule has 130 valence electrons. The van der Waals surface area contributed by atoms with Gasteiger partial charge in [-0.2, -0.15) is 22.5 Å². The summed E-state index contributed by atoms with van der Waals surface area (Å²) in [5.41, 5.74) is 3.23. The number of nitrogens with one attached hydrogen (secondary N) is 2. The van der Waals surface area contributed by atoms with E-state index in [0.717, 1.165) is 37.8 Å². The van der Waals surface area contributed by atoms with Crippen molar-refractivity contribution in [1.29, 1.82) is 0 Å². The van der Waals surface area contributed by atoms with Crippen LogP contribution in [0.25, 0.3) is 0 Å². The van der Waals surface area contributed by atoms with Gasteiger partial charge >= 0.3 is 0 Å². The van der Waals surface area contributed by atoms with E-state index in [1.54, 1.807) is 7.11 Å². The third-order valence-electron chi connectivity index (χ3n) is 4.80. The fraction of sp³-hybridized carbons (Fsp3) is 0.800. The molecule has 23 heavy (non-hydrogen) atoms. The van der Waals surface area contributed by atoms with Gasteiger partial charge in [0.15, 0.2) is 0 Å². The van der Waals surface area contributed by atoms with Gasteiger partial charge in [-0.25, -0.2) is 0 Å². The van der Waals surface area contributed by atoms with E-state index in [9.17, 15) is 8.42 Å². The van der Waals surface area contributed by atoms with Crippen LogP contribution in [-0.4, -0.2) is 49.2 Å². The molecule has 0 aromatic carbocycles. The summed E-state index contributed by atoms with van der Waals surface area (Å²) < 4.78 is 34.5. The Hall–Kier alpha value is -0.960. The number of aryl methyl sites for hydroxylation is 1. The Morgan fingerprint density at radius 1 is 1.30 bits per heavy atom. The SMILES string of the molecule is COC[C@H]1CCCN1S(=O)(=O)NCc1n[nH]c2c1CCCCC2. The van der Waals surface area contributed by atoms with E-state index in [4.69, 9.17) is 4.74 Å². The van der Waals surface area contributed by atoms with Gasteiger partial charge in [-0.15, -0.1) is 0 Å². The zero-order chi connectivity index (χ0) is 16.3. The molecule has 1 aliphatic carbocycles. The van der Waals surface area contributed by atoms with Crippen molar-refractivity contribution in [3.8, 4) is 0 Å². The summed E-state index contributed by atoms with van der Waals surface area (Å²) in [7, 11) is -1.89. The van der Waals surface area contributed by atoms with Crippen molar-refractivity contribution in [1.82, 2.24) is 19.2 Å². The third kappa shape index (κ3) is 3.76. The van der Waals surface area contributed by atoms with Crippen molar-refractivity contribution in [3.05, 3.63) is 17.0 Å². The van der Waals surface area contributed by atoms with E-state index in [1.807, 2.05) is 0 Å². The maximum Gasteiger partial charge on any atom is 0.280 e. The number of hydrogen-bond donors (Lipinski definition) is 2. The molecule has 2 N–H and O–H groups in total. The molecule has 3 rings (SSSR count). The number of aromatic amines is 1. The summed E-state index contributed by atoms with van der Waals surface area (Å²) in [6.45, 7) is 1.26.